The number of furan rings is 1. The van der Waals surface area contributed by atoms with Crippen LogP contribution in [0.15, 0.2) is 10.7 Å². The van der Waals surface area contributed by atoms with Crippen molar-refractivity contribution in [3.63, 3.8) is 0 Å². The minimum Gasteiger partial charge on any atom is -0.462 e. The highest BCUT2D eigenvalue weighted by Gasteiger charge is 2.31. The molecule has 0 radical (unpaired) electrons. The van der Waals surface area contributed by atoms with Crippen molar-refractivity contribution < 1.29 is 4.42 Å². The predicted octanol–water partition coefficient (Wildman–Crippen LogP) is 4.41. The van der Waals surface area contributed by atoms with E-state index in [1.54, 1.807) is 0 Å². The Balaban J connectivity index is 3.15. The summed E-state index contributed by atoms with van der Waals surface area (Å²) in [6.07, 6.45) is 1.21. The lowest BCUT2D eigenvalue weighted by Crippen LogP contribution is -1.97. The van der Waals surface area contributed by atoms with E-state index in [0.717, 1.165) is 0 Å². The molecule has 1 nitrogen and oxygen atoms in total. The number of rotatable bonds is 0. The largest absolute Gasteiger partial charge is 0.462 e. The highest BCUT2D eigenvalue weighted by molar-refractivity contribution is 6.67. The molecule has 0 bridgehead atoms. The molecule has 1 rings (SSSR count). The average Bonchev–Trinajstić information content (AvgIpc) is 2.11. The smallest absolute Gasteiger partial charge is 0.249 e. The maximum absolute atomic E-state index is 5.61. The van der Waals surface area contributed by atoms with Crippen molar-refractivity contribution in [1.29, 1.82) is 0 Å². The third-order valence-corrected chi connectivity index (χ3v) is 2.21. The Labute approximate surface area is 88.1 Å². The van der Waals surface area contributed by atoms with Crippen LogP contribution in [0.2, 0.25) is 10.0 Å². The summed E-state index contributed by atoms with van der Waals surface area (Å²) in [5.74, 6) is 0.0363. The summed E-state index contributed by atoms with van der Waals surface area (Å²) in [6, 6.07) is 0. The van der Waals surface area contributed by atoms with Gasteiger partial charge in [0.25, 0.3) is 0 Å². The highest BCUT2D eigenvalue weighted by atomic mass is 35.6. The molecule has 62 valence electrons. The van der Waals surface area contributed by atoms with Crippen LogP contribution < -0.4 is 0 Å². The molecule has 0 aliphatic heterocycles. The Hall–Kier alpha value is 0.730. The molecule has 0 aromatic carbocycles. The first-order valence-electron chi connectivity index (χ1n) is 2.42. The summed E-state index contributed by atoms with van der Waals surface area (Å²) in [6.45, 7) is 0. The molecule has 1 heterocycles. The lowest BCUT2D eigenvalue weighted by atomic mass is 10.5. The van der Waals surface area contributed by atoms with E-state index in [4.69, 9.17) is 62.4 Å². The first-order chi connectivity index (χ1) is 4.93. The van der Waals surface area contributed by atoms with Gasteiger partial charge in [0.05, 0.1) is 5.02 Å². The van der Waals surface area contributed by atoms with Crippen LogP contribution in [0.1, 0.15) is 5.76 Å². The van der Waals surface area contributed by atoms with Gasteiger partial charge in [0.15, 0.2) is 5.76 Å². The van der Waals surface area contributed by atoms with Gasteiger partial charge >= 0.3 is 0 Å². The van der Waals surface area contributed by atoms with Gasteiger partial charge in [0, 0.05) is 0 Å². The van der Waals surface area contributed by atoms with Gasteiger partial charge in [-0.3, -0.25) is 0 Å². The highest BCUT2D eigenvalue weighted by Crippen LogP contribution is 2.44. The lowest BCUT2D eigenvalue weighted by molar-refractivity contribution is 0.518. The van der Waals surface area contributed by atoms with Crippen LogP contribution in [0, 0.1) is 0 Å². The molecule has 0 aliphatic rings. The van der Waals surface area contributed by atoms with Gasteiger partial charge in [-0.2, -0.15) is 0 Å². The second-order valence-electron chi connectivity index (χ2n) is 1.72. The summed E-state index contributed by atoms with van der Waals surface area (Å²) in [4.78, 5) is 0. The molecule has 0 fully saturated rings. The molecule has 1 aromatic rings. The Morgan fingerprint density at radius 1 is 1.18 bits per heavy atom. The molecule has 0 N–H and O–H groups in total. The van der Waals surface area contributed by atoms with Gasteiger partial charge in [-0.05, 0) is 0 Å². The second kappa shape index (κ2) is 3.23. The minimum absolute atomic E-state index is 0.0363. The van der Waals surface area contributed by atoms with Gasteiger partial charge in [-0.1, -0.05) is 58.0 Å². The van der Waals surface area contributed by atoms with Crippen LogP contribution >= 0.6 is 58.0 Å². The molecule has 0 atom stereocenters. The fraction of sp³-hybridized carbons (Fsp3) is 0.200. The Bertz CT molecular complexity index is 260. The number of halogens is 5. The first kappa shape index (κ1) is 9.82. The molecule has 0 amide bonds. The molecule has 0 aliphatic carbocycles. The van der Waals surface area contributed by atoms with E-state index in [1.807, 2.05) is 0 Å². The quantitative estimate of drug-likeness (QED) is 0.625. The fourth-order valence-corrected chi connectivity index (χ4v) is 1.44. The zero-order chi connectivity index (χ0) is 8.65. The van der Waals surface area contributed by atoms with Crippen LogP contribution in [-0.2, 0) is 3.79 Å². The third kappa shape index (κ3) is 2.10. The maximum atomic E-state index is 5.61. The molecule has 6 heteroatoms. The first-order valence-corrected chi connectivity index (χ1v) is 4.31. The van der Waals surface area contributed by atoms with Gasteiger partial charge in [0.2, 0.25) is 3.79 Å². The van der Waals surface area contributed by atoms with Crippen LogP contribution in [0.5, 0.6) is 0 Å². The van der Waals surface area contributed by atoms with Crippen molar-refractivity contribution in [2.24, 2.45) is 0 Å². The van der Waals surface area contributed by atoms with Gasteiger partial charge in [-0.15, -0.1) is 0 Å². The predicted molar refractivity (Wildman–Crippen MR) is 48.0 cm³/mol. The van der Waals surface area contributed by atoms with E-state index in [9.17, 15) is 0 Å². The van der Waals surface area contributed by atoms with Gasteiger partial charge in [0.1, 0.15) is 11.3 Å². The third-order valence-electron chi connectivity index (χ3n) is 0.947. The van der Waals surface area contributed by atoms with Crippen molar-refractivity contribution in [1.82, 2.24) is 0 Å². The van der Waals surface area contributed by atoms with Crippen molar-refractivity contribution in [2.45, 2.75) is 3.79 Å². The number of alkyl halides is 3. The summed E-state index contributed by atoms with van der Waals surface area (Å²) in [7, 11) is 0. The topological polar surface area (TPSA) is 13.1 Å². The van der Waals surface area contributed by atoms with Crippen LogP contribution in [0.4, 0.5) is 0 Å². The molecule has 0 saturated heterocycles. The molecular weight excluding hydrogens is 253 g/mol. The van der Waals surface area contributed by atoms with E-state index < -0.39 is 3.79 Å². The summed E-state index contributed by atoms with van der Waals surface area (Å²) in [5, 5.41) is 0.361. The zero-order valence-corrected chi connectivity index (χ0v) is 8.66. The van der Waals surface area contributed by atoms with Crippen LogP contribution in [-0.4, -0.2) is 0 Å². The fourth-order valence-electron chi connectivity index (χ4n) is 0.514. The maximum Gasteiger partial charge on any atom is 0.249 e. The SMILES string of the molecule is Clc1coc(C(Cl)(Cl)Cl)c1Cl. The van der Waals surface area contributed by atoms with Gasteiger partial charge < -0.3 is 4.42 Å². The number of hydrogen-bond acceptors (Lipinski definition) is 1. The normalized spacial score (nSPS) is 12.1. The van der Waals surface area contributed by atoms with Crippen LogP contribution in [0.25, 0.3) is 0 Å². The summed E-state index contributed by atoms with van der Waals surface area (Å²) in [5.41, 5.74) is 0. The molecule has 1 aromatic heterocycles. The Kier molecular flexibility index (Phi) is 2.88. The lowest BCUT2D eigenvalue weighted by Gasteiger charge is -2.06. The van der Waals surface area contributed by atoms with Crippen molar-refractivity contribution in [3.8, 4) is 0 Å². The Morgan fingerprint density at radius 3 is 1.91 bits per heavy atom. The average molecular weight is 254 g/mol. The monoisotopic (exact) mass is 252 g/mol. The van der Waals surface area contributed by atoms with E-state index in [1.165, 1.54) is 6.26 Å². The van der Waals surface area contributed by atoms with Crippen molar-refractivity contribution in [3.05, 3.63) is 22.1 Å². The van der Waals surface area contributed by atoms with E-state index in [0.29, 0.717) is 0 Å². The van der Waals surface area contributed by atoms with Crippen molar-refractivity contribution >= 4 is 58.0 Å². The summed E-state index contributed by atoms with van der Waals surface area (Å²) < 4.78 is 3.14. The Morgan fingerprint density at radius 2 is 1.73 bits per heavy atom. The standard InChI is InChI=1S/C5HCl5O/c6-2-1-11-4(3(2)7)5(8,9)10/h1H. The van der Waals surface area contributed by atoms with Crippen molar-refractivity contribution in [2.75, 3.05) is 0 Å². The molecular formula is C5HCl5O. The minimum atomic E-state index is -1.66. The number of hydrogen-bond donors (Lipinski definition) is 0. The molecule has 0 unspecified atom stereocenters. The molecule has 0 saturated carbocycles. The second-order valence-corrected chi connectivity index (χ2v) is 4.79. The van der Waals surface area contributed by atoms with Gasteiger partial charge in [-0.25, -0.2) is 0 Å². The summed E-state index contributed by atoms with van der Waals surface area (Å²) >= 11 is 27.6. The van der Waals surface area contributed by atoms with E-state index in [-0.39, 0.29) is 15.8 Å². The van der Waals surface area contributed by atoms with E-state index >= 15 is 0 Å². The van der Waals surface area contributed by atoms with Crippen LogP contribution in [0.3, 0.4) is 0 Å². The zero-order valence-electron chi connectivity index (χ0n) is 4.88. The van der Waals surface area contributed by atoms with E-state index in [2.05, 4.69) is 0 Å². The molecule has 0 spiro atoms. The molecule has 11 heavy (non-hydrogen) atoms.